The summed E-state index contributed by atoms with van der Waals surface area (Å²) in [5, 5.41) is 13.2. The van der Waals surface area contributed by atoms with E-state index in [4.69, 9.17) is 4.74 Å². The Kier molecular flexibility index (Phi) is 3.16. The van der Waals surface area contributed by atoms with E-state index < -0.39 is 11.5 Å². The maximum Gasteiger partial charge on any atom is 0.325 e. The number of hydrogen-bond acceptors (Lipinski definition) is 4. The fraction of sp³-hybridized carbons (Fsp3) is 0.933. The topological polar surface area (TPSA) is 61.8 Å². The fourth-order valence-corrected chi connectivity index (χ4v) is 4.52. The number of ether oxygens (including phenoxy) is 1. The molecule has 2 N–H and O–H groups in total. The third-order valence-electron chi connectivity index (χ3n) is 5.36. The molecule has 0 bridgehead atoms. The number of nitrogens with one attached hydrogen (secondary N) is 1. The van der Waals surface area contributed by atoms with Crippen molar-refractivity contribution < 1.29 is 14.6 Å². The monoisotopic (exact) mass is 282 g/mol. The average Bonchev–Trinajstić information content (AvgIpc) is 3.01. The van der Waals surface area contributed by atoms with Gasteiger partial charge in [0.15, 0.2) is 0 Å². The van der Waals surface area contributed by atoms with Gasteiger partial charge in [0.25, 0.3) is 0 Å². The first kappa shape index (κ1) is 14.3. The molecule has 20 heavy (non-hydrogen) atoms. The third kappa shape index (κ3) is 1.69. The zero-order valence-corrected chi connectivity index (χ0v) is 12.7. The number of carboxylic acids is 1. The first-order chi connectivity index (χ1) is 9.33. The second-order valence-corrected chi connectivity index (χ2v) is 7.60. The largest absolute Gasteiger partial charge is 0.480 e. The van der Waals surface area contributed by atoms with Crippen molar-refractivity contribution in [3.63, 3.8) is 0 Å². The van der Waals surface area contributed by atoms with E-state index >= 15 is 0 Å². The molecular formula is C15H26N2O3. The zero-order chi connectivity index (χ0) is 14.6. The molecule has 3 saturated heterocycles. The molecule has 114 valence electrons. The van der Waals surface area contributed by atoms with E-state index in [1.54, 1.807) is 0 Å². The molecule has 5 heteroatoms. The van der Waals surface area contributed by atoms with Crippen molar-refractivity contribution in [1.29, 1.82) is 0 Å². The van der Waals surface area contributed by atoms with Crippen LogP contribution in [0.3, 0.4) is 0 Å². The van der Waals surface area contributed by atoms with E-state index in [1.165, 1.54) is 0 Å². The van der Waals surface area contributed by atoms with Crippen molar-refractivity contribution >= 4 is 5.97 Å². The molecule has 0 aromatic rings. The van der Waals surface area contributed by atoms with Crippen molar-refractivity contribution in [2.24, 2.45) is 5.41 Å². The number of hydrogen-bond donors (Lipinski definition) is 2. The Morgan fingerprint density at radius 3 is 2.65 bits per heavy atom. The summed E-state index contributed by atoms with van der Waals surface area (Å²) in [5.41, 5.74) is -1.19. The predicted octanol–water partition coefficient (Wildman–Crippen LogP) is 1.43. The summed E-state index contributed by atoms with van der Waals surface area (Å²) in [6.07, 6.45) is 3.63. The minimum atomic E-state index is -0.830. The minimum absolute atomic E-state index is 0.00435. The highest BCUT2D eigenvalue weighted by molar-refractivity contribution is 5.82. The average molecular weight is 282 g/mol. The molecule has 0 saturated carbocycles. The second kappa shape index (κ2) is 4.42. The van der Waals surface area contributed by atoms with Crippen molar-refractivity contribution in [2.75, 3.05) is 19.7 Å². The van der Waals surface area contributed by atoms with E-state index in [1.807, 2.05) is 0 Å². The smallest absolute Gasteiger partial charge is 0.325 e. The Hall–Kier alpha value is -0.650. The maximum atomic E-state index is 12.1. The summed E-state index contributed by atoms with van der Waals surface area (Å²) in [4.78, 5) is 14.4. The van der Waals surface area contributed by atoms with Gasteiger partial charge in [-0.1, -0.05) is 20.8 Å². The Morgan fingerprint density at radius 2 is 2.10 bits per heavy atom. The van der Waals surface area contributed by atoms with Gasteiger partial charge in [-0.15, -0.1) is 0 Å². The molecule has 3 aliphatic heterocycles. The van der Waals surface area contributed by atoms with Crippen LogP contribution in [0.1, 0.15) is 46.5 Å². The second-order valence-electron chi connectivity index (χ2n) is 7.60. The van der Waals surface area contributed by atoms with Gasteiger partial charge in [-0.25, -0.2) is 0 Å². The van der Waals surface area contributed by atoms with Gasteiger partial charge < -0.3 is 15.2 Å². The van der Waals surface area contributed by atoms with Crippen LogP contribution in [0.15, 0.2) is 0 Å². The Balaban J connectivity index is 2.01. The Labute approximate surface area is 120 Å². The van der Waals surface area contributed by atoms with E-state index in [9.17, 15) is 9.90 Å². The van der Waals surface area contributed by atoms with Crippen LogP contribution < -0.4 is 5.32 Å². The van der Waals surface area contributed by atoms with Gasteiger partial charge in [0.2, 0.25) is 0 Å². The van der Waals surface area contributed by atoms with E-state index in [0.717, 1.165) is 32.4 Å². The van der Waals surface area contributed by atoms with E-state index in [0.29, 0.717) is 13.0 Å². The van der Waals surface area contributed by atoms with E-state index in [2.05, 4.69) is 31.0 Å². The quantitative estimate of drug-likeness (QED) is 0.802. The summed E-state index contributed by atoms with van der Waals surface area (Å²) >= 11 is 0. The van der Waals surface area contributed by atoms with Gasteiger partial charge in [-0.3, -0.25) is 9.69 Å². The van der Waals surface area contributed by atoms with Crippen molar-refractivity contribution in [3.05, 3.63) is 0 Å². The molecule has 0 radical (unpaired) electrons. The van der Waals surface area contributed by atoms with Crippen molar-refractivity contribution in [2.45, 2.75) is 63.8 Å². The highest BCUT2D eigenvalue weighted by Crippen LogP contribution is 2.50. The highest BCUT2D eigenvalue weighted by atomic mass is 16.5. The molecule has 3 fully saturated rings. The molecule has 0 aromatic carbocycles. The molecular weight excluding hydrogens is 256 g/mol. The molecule has 0 unspecified atom stereocenters. The van der Waals surface area contributed by atoms with Gasteiger partial charge in [0, 0.05) is 12.0 Å². The van der Waals surface area contributed by atoms with Crippen LogP contribution in [0.2, 0.25) is 0 Å². The van der Waals surface area contributed by atoms with Gasteiger partial charge in [0.1, 0.15) is 11.8 Å². The molecule has 0 amide bonds. The number of nitrogens with zero attached hydrogens (tertiary/aromatic N) is 1. The van der Waals surface area contributed by atoms with Crippen molar-refractivity contribution in [3.8, 4) is 0 Å². The number of carbonyl (C=O) groups is 1. The zero-order valence-electron chi connectivity index (χ0n) is 12.7. The molecule has 0 aromatic heterocycles. The van der Waals surface area contributed by atoms with Crippen LogP contribution in [0, 0.1) is 5.41 Å². The summed E-state index contributed by atoms with van der Waals surface area (Å²) < 4.78 is 6.10. The Morgan fingerprint density at radius 1 is 1.35 bits per heavy atom. The SMILES string of the molecule is CC(C)(C)[C@H]1OC[C@]2([C@]3(C(=O)O)CCCN3)CCCN12. The lowest BCUT2D eigenvalue weighted by molar-refractivity contribution is -0.150. The standard InChI is InChI=1S/C15H26N2O3/c1-13(2,3)11-17-9-5-6-14(17,10-20-11)15(12(18)19)7-4-8-16-15/h11,16H,4-10H2,1-3H3,(H,18,19)/t11-,14+,15-/m1/s1. The van der Waals surface area contributed by atoms with Crippen LogP contribution in [-0.2, 0) is 9.53 Å². The molecule has 3 rings (SSSR count). The summed E-state index contributed by atoms with van der Waals surface area (Å²) in [5.74, 6) is -0.708. The lowest BCUT2D eigenvalue weighted by Crippen LogP contribution is -2.70. The molecule has 3 aliphatic rings. The van der Waals surface area contributed by atoms with Gasteiger partial charge >= 0.3 is 5.97 Å². The number of aliphatic carboxylic acids is 1. The molecule has 0 aliphatic carbocycles. The molecule has 3 heterocycles. The first-order valence-corrected chi connectivity index (χ1v) is 7.70. The normalized spacial score (nSPS) is 42.0. The number of rotatable bonds is 2. The first-order valence-electron chi connectivity index (χ1n) is 7.70. The minimum Gasteiger partial charge on any atom is -0.480 e. The Bertz CT molecular complexity index is 412. The van der Waals surface area contributed by atoms with Crippen LogP contribution >= 0.6 is 0 Å². The maximum absolute atomic E-state index is 12.1. The molecule has 5 nitrogen and oxygen atoms in total. The molecule has 3 atom stereocenters. The van der Waals surface area contributed by atoms with Gasteiger partial charge in [-0.05, 0) is 32.2 Å². The summed E-state index contributed by atoms with van der Waals surface area (Å²) in [6, 6.07) is 0. The molecule has 0 spiro atoms. The highest BCUT2D eigenvalue weighted by Gasteiger charge is 2.67. The van der Waals surface area contributed by atoms with Crippen LogP contribution in [0.25, 0.3) is 0 Å². The predicted molar refractivity (Wildman–Crippen MR) is 75.5 cm³/mol. The van der Waals surface area contributed by atoms with Crippen LogP contribution in [0.5, 0.6) is 0 Å². The van der Waals surface area contributed by atoms with Gasteiger partial charge in [-0.2, -0.15) is 0 Å². The number of fused-ring (bicyclic) bond motifs is 1. The summed E-state index contributed by atoms with van der Waals surface area (Å²) in [7, 11) is 0. The number of carboxylic acid groups (broad SMARTS) is 1. The van der Waals surface area contributed by atoms with Crippen LogP contribution in [-0.4, -0.2) is 53.0 Å². The lowest BCUT2D eigenvalue weighted by Gasteiger charge is -2.46. The van der Waals surface area contributed by atoms with Crippen molar-refractivity contribution in [1.82, 2.24) is 10.2 Å². The third-order valence-corrected chi connectivity index (χ3v) is 5.36. The lowest BCUT2D eigenvalue weighted by atomic mass is 9.74. The fourth-order valence-electron chi connectivity index (χ4n) is 4.52. The van der Waals surface area contributed by atoms with E-state index in [-0.39, 0.29) is 17.2 Å². The van der Waals surface area contributed by atoms with Crippen LogP contribution in [0.4, 0.5) is 0 Å². The van der Waals surface area contributed by atoms with Gasteiger partial charge in [0.05, 0.1) is 12.1 Å². The summed E-state index contributed by atoms with van der Waals surface area (Å²) in [6.45, 7) is 8.78.